The molecule has 1 fully saturated rings. The van der Waals surface area contributed by atoms with Crippen molar-refractivity contribution in [1.29, 1.82) is 0 Å². The van der Waals surface area contributed by atoms with Crippen LogP contribution in [0.4, 0.5) is 0 Å². The summed E-state index contributed by atoms with van der Waals surface area (Å²) in [7, 11) is 0. The monoisotopic (exact) mass is 270 g/mol. The summed E-state index contributed by atoms with van der Waals surface area (Å²) in [6.07, 6.45) is 2.39. The van der Waals surface area contributed by atoms with Crippen molar-refractivity contribution in [1.82, 2.24) is 5.32 Å². The van der Waals surface area contributed by atoms with Gasteiger partial charge in [0, 0.05) is 18.1 Å². The second-order valence-electron chi connectivity index (χ2n) is 5.07. The number of nitrogens with zero attached hydrogens (tertiary/aromatic N) is 1. The van der Waals surface area contributed by atoms with Crippen molar-refractivity contribution in [2.24, 2.45) is 0 Å². The molecule has 0 amide bonds. The molecule has 0 saturated carbocycles. The molecule has 2 heteroatoms. The summed E-state index contributed by atoms with van der Waals surface area (Å²) in [4.78, 5) is 0. The Balaban J connectivity index is 1.80. The van der Waals surface area contributed by atoms with Crippen molar-refractivity contribution >= 4 is 11.6 Å². The number of benzene rings is 2. The molecule has 0 aliphatic carbocycles. The highest BCUT2D eigenvalue weighted by Gasteiger charge is 2.15. The summed E-state index contributed by atoms with van der Waals surface area (Å²) in [5.41, 5.74) is 3.92. The Bertz CT molecular complexity index is 524. The van der Waals surface area contributed by atoms with Gasteiger partial charge in [-0.15, -0.1) is 0 Å². The molecule has 1 aliphatic heterocycles. The van der Waals surface area contributed by atoms with Gasteiger partial charge < -0.3 is 0 Å². The van der Waals surface area contributed by atoms with E-state index in [0.29, 0.717) is 5.92 Å². The van der Waals surface area contributed by atoms with E-state index in [1.54, 1.807) is 0 Å². The zero-order valence-electron chi connectivity index (χ0n) is 10.8. The minimum absolute atomic E-state index is 0.691. The van der Waals surface area contributed by atoms with E-state index in [0.717, 1.165) is 18.1 Å². The lowest BCUT2D eigenvalue weighted by Gasteiger charge is -2.22. The van der Waals surface area contributed by atoms with Gasteiger partial charge in [0.25, 0.3) is 0 Å². The summed E-state index contributed by atoms with van der Waals surface area (Å²) in [6, 6.07) is 17.0. The summed E-state index contributed by atoms with van der Waals surface area (Å²) < 4.78 is 0. The molecule has 1 saturated heterocycles. The maximum absolute atomic E-state index is 5.92. The Labute approximate surface area is 119 Å². The van der Waals surface area contributed by atoms with E-state index in [1.807, 2.05) is 12.1 Å². The zero-order chi connectivity index (χ0) is 13.1. The second kappa shape index (κ2) is 5.77. The largest absolute Gasteiger partial charge is 0.242 e. The first-order valence-corrected chi connectivity index (χ1v) is 7.20. The second-order valence-corrected chi connectivity index (χ2v) is 5.51. The number of halogens is 1. The van der Waals surface area contributed by atoms with Gasteiger partial charge in [0.05, 0.1) is 0 Å². The van der Waals surface area contributed by atoms with Gasteiger partial charge in [-0.25, -0.2) is 5.32 Å². The third-order valence-electron chi connectivity index (χ3n) is 3.83. The highest BCUT2D eigenvalue weighted by Crippen LogP contribution is 2.28. The van der Waals surface area contributed by atoms with Crippen LogP contribution in [0.3, 0.4) is 0 Å². The van der Waals surface area contributed by atoms with Crippen LogP contribution in [-0.2, 0) is 0 Å². The lowest BCUT2D eigenvalue weighted by molar-refractivity contribution is 0.453. The Kier molecular flexibility index (Phi) is 3.86. The van der Waals surface area contributed by atoms with Crippen molar-refractivity contribution < 1.29 is 0 Å². The van der Waals surface area contributed by atoms with E-state index in [4.69, 9.17) is 11.6 Å². The fourth-order valence-electron chi connectivity index (χ4n) is 2.67. The number of hydrogen-bond donors (Lipinski definition) is 0. The Morgan fingerprint density at radius 2 is 1.32 bits per heavy atom. The van der Waals surface area contributed by atoms with Crippen molar-refractivity contribution in [3.63, 3.8) is 0 Å². The molecule has 1 radical (unpaired) electrons. The zero-order valence-corrected chi connectivity index (χ0v) is 11.6. The molecule has 1 nitrogen and oxygen atoms in total. The van der Waals surface area contributed by atoms with Gasteiger partial charge in [-0.1, -0.05) is 48.0 Å². The lowest BCUT2D eigenvalue weighted by Crippen LogP contribution is -2.20. The molecule has 3 rings (SSSR count). The smallest absolute Gasteiger partial charge is 0.0406 e. The predicted octanol–water partition coefficient (Wildman–Crippen LogP) is 4.49. The average molecular weight is 271 g/mol. The van der Waals surface area contributed by atoms with E-state index in [-0.39, 0.29) is 0 Å². The van der Waals surface area contributed by atoms with Crippen molar-refractivity contribution in [2.75, 3.05) is 13.1 Å². The van der Waals surface area contributed by atoms with Gasteiger partial charge in [0.2, 0.25) is 0 Å². The van der Waals surface area contributed by atoms with Crippen LogP contribution in [0.25, 0.3) is 11.1 Å². The molecule has 0 spiro atoms. The lowest BCUT2D eigenvalue weighted by atomic mass is 9.89. The first kappa shape index (κ1) is 12.7. The van der Waals surface area contributed by atoms with Gasteiger partial charge in [-0.3, -0.25) is 0 Å². The standard InChI is InChI=1S/C17H17ClN/c18-17-7-5-15(6-8-17)13-1-3-14(4-2-13)16-9-11-19-12-10-16/h1-8,16H,9-12H2. The normalized spacial score (nSPS) is 16.5. The van der Waals surface area contributed by atoms with E-state index in [2.05, 4.69) is 41.7 Å². The number of rotatable bonds is 2. The van der Waals surface area contributed by atoms with E-state index >= 15 is 0 Å². The quantitative estimate of drug-likeness (QED) is 0.763. The topological polar surface area (TPSA) is 14.1 Å². The SMILES string of the molecule is Clc1ccc(-c2ccc(C3CC[N]CC3)cc2)cc1. The fourth-order valence-corrected chi connectivity index (χ4v) is 2.80. The molecule has 0 unspecified atom stereocenters. The van der Waals surface area contributed by atoms with Gasteiger partial charge in [-0.05, 0) is 47.6 Å². The van der Waals surface area contributed by atoms with Crippen molar-refractivity contribution in [2.45, 2.75) is 18.8 Å². The predicted molar refractivity (Wildman–Crippen MR) is 80.7 cm³/mol. The third-order valence-corrected chi connectivity index (χ3v) is 4.08. The number of piperidine rings is 1. The summed E-state index contributed by atoms with van der Waals surface area (Å²) in [6.45, 7) is 2.03. The molecule has 1 aliphatic rings. The van der Waals surface area contributed by atoms with Crippen LogP contribution in [-0.4, -0.2) is 13.1 Å². The summed E-state index contributed by atoms with van der Waals surface area (Å²) in [5.74, 6) is 0.691. The minimum atomic E-state index is 0.691. The Morgan fingerprint density at radius 1 is 0.789 bits per heavy atom. The average Bonchev–Trinajstić information content (AvgIpc) is 2.49. The maximum Gasteiger partial charge on any atom is 0.0406 e. The van der Waals surface area contributed by atoms with Gasteiger partial charge in [-0.2, -0.15) is 0 Å². The molecular weight excluding hydrogens is 254 g/mol. The molecule has 97 valence electrons. The molecule has 0 aromatic heterocycles. The highest BCUT2D eigenvalue weighted by atomic mass is 35.5. The first-order valence-electron chi connectivity index (χ1n) is 6.82. The third kappa shape index (κ3) is 2.99. The van der Waals surface area contributed by atoms with Crippen LogP contribution in [0.2, 0.25) is 5.02 Å². The van der Waals surface area contributed by atoms with Crippen LogP contribution in [0.5, 0.6) is 0 Å². The van der Waals surface area contributed by atoms with Gasteiger partial charge >= 0.3 is 0 Å². The molecule has 1 heterocycles. The van der Waals surface area contributed by atoms with Crippen LogP contribution < -0.4 is 5.32 Å². The van der Waals surface area contributed by atoms with Gasteiger partial charge in [0.15, 0.2) is 0 Å². The van der Waals surface area contributed by atoms with Gasteiger partial charge in [0.1, 0.15) is 0 Å². The molecule has 2 aromatic rings. The van der Waals surface area contributed by atoms with Crippen LogP contribution in [0.15, 0.2) is 48.5 Å². The minimum Gasteiger partial charge on any atom is -0.242 e. The van der Waals surface area contributed by atoms with Crippen molar-refractivity contribution in [3.8, 4) is 11.1 Å². The van der Waals surface area contributed by atoms with E-state index in [1.165, 1.54) is 29.5 Å². The highest BCUT2D eigenvalue weighted by molar-refractivity contribution is 6.30. The van der Waals surface area contributed by atoms with Crippen LogP contribution in [0, 0.1) is 0 Å². The molecule has 19 heavy (non-hydrogen) atoms. The molecule has 2 aromatic carbocycles. The molecular formula is C17H17ClN. The molecule has 0 bridgehead atoms. The Morgan fingerprint density at radius 3 is 1.89 bits per heavy atom. The van der Waals surface area contributed by atoms with Crippen LogP contribution >= 0.6 is 11.6 Å². The molecule has 0 atom stereocenters. The van der Waals surface area contributed by atoms with E-state index < -0.39 is 0 Å². The fraction of sp³-hybridized carbons (Fsp3) is 0.294. The maximum atomic E-state index is 5.92. The summed E-state index contributed by atoms with van der Waals surface area (Å²) >= 11 is 5.92. The van der Waals surface area contributed by atoms with E-state index in [9.17, 15) is 0 Å². The number of hydrogen-bond acceptors (Lipinski definition) is 0. The molecule has 0 N–H and O–H groups in total. The van der Waals surface area contributed by atoms with Crippen LogP contribution in [0.1, 0.15) is 24.3 Å². The first-order chi connectivity index (χ1) is 9.33. The van der Waals surface area contributed by atoms with Crippen molar-refractivity contribution in [3.05, 3.63) is 59.1 Å². The Hall–Kier alpha value is -1.31. The summed E-state index contributed by atoms with van der Waals surface area (Å²) in [5, 5.41) is 5.20.